The molecule has 1 N–H and O–H groups in total. The number of hydrogen-bond acceptors (Lipinski definition) is 3. The van der Waals surface area contributed by atoms with Crippen molar-refractivity contribution in [2.24, 2.45) is 0 Å². The molecule has 2 aromatic carbocycles. The highest BCUT2D eigenvalue weighted by Gasteiger charge is 2.19. The molecular weight excluding hydrogens is 422 g/mol. The van der Waals surface area contributed by atoms with Gasteiger partial charge in [-0.25, -0.2) is 9.78 Å². The van der Waals surface area contributed by atoms with Crippen molar-refractivity contribution in [2.75, 3.05) is 16.8 Å². The molecule has 0 unspecified atom stereocenters. The quantitative estimate of drug-likeness (QED) is 0.467. The summed E-state index contributed by atoms with van der Waals surface area (Å²) < 4.78 is 1.01. The Kier molecular flexibility index (Phi) is 6.63. The van der Waals surface area contributed by atoms with E-state index in [1.165, 1.54) is 16.9 Å². The van der Waals surface area contributed by atoms with Gasteiger partial charge in [0.25, 0.3) is 0 Å². The van der Waals surface area contributed by atoms with Gasteiger partial charge >= 0.3 is 6.03 Å². The van der Waals surface area contributed by atoms with Crippen molar-refractivity contribution in [3.05, 3.63) is 63.9 Å². The monoisotopic (exact) mass is 443 g/mol. The van der Waals surface area contributed by atoms with Gasteiger partial charge in [0, 0.05) is 27.6 Å². The average molecular weight is 444 g/mol. The average Bonchev–Trinajstić information content (AvgIpc) is 3.16. The highest BCUT2D eigenvalue weighted by atomic mass is 79.9. The Morgan fingerprint density at radius 3 is 2.63 bits per heavy atom. The van der Waals surface area contributed by atoms with E-state index in [9.17, 15) is 4.79 Å². The summed E-state index contributed by atoms with van der Waals surface area (Å²) in [5.74, 6) is 0. The van der Waals surface area contributed by atoms with Gasteiger partial charge in [-0.1, -0.05) is 54.0 Å². The highest BCUT2D eigenvalue weighted by Crippen LogP contribution is 2.29. The lowest BCUT2D eigenvalue weighted by Gasteiger charge is -2.19. The van der Waals surface area contributed by atoms with Crippen molar-refractivity contribution in [2.45, 2.75) is 26.7 Å². The summed E-state index contributed by atoms with van der Waals surface area (Å²) in [4.78, 5) is 19.2. The van der Waals surface area contributed by atoms with Gasteiger partial charge < -0.3 is 5.32 Å². The zero-order valence-electron chi connectivity index (χ0n) is 15.4. The predicted octanol–water partition coefficient (Wildman–Crippen LogP) is 6.58. The minimum atomic E-state index is -0.156. The van der Waals surface area contributed by atoms with Crippen LogP contribution in [0.2, 0.25) is 0 Å². The maximum atomic E-state index is 12.8. The molecule has 0 bridgehead atoms. The van der Waals surface area contributed by atoms with E-state index in [1.54, 1.807) is 4.90 Å². The Morgan fingerprint density at radius 2 is 1.96 bits per heavy atom. The minimum absolute atomic E-state index is 0.156. The molecule has 0 aliphatic carbocycles. The molecule has 0 radical (unpaired) electrons. The molecule has 0 aliphatic rings. The van der Waals surface area contributed by atoms with Crippen LogP contribution in [0.4, 0.5) is 15.6 Å². The standard InChI is InChI=1S/C21H22BrN3OS/c1-3-12-25(20(26)23-18-10-8-15(4-2)9-11-18)21-24-19(14-27-21)16-6-5-7-17(22)13-16/h5-11,13-14H,3-4,12H2,1-2H3,(H,23,26). The number of benzene rings is 2. The summed E-state index contributed by atoms with van der Waals surface area (Å²) in [5.41, 5.74) is 3.94. The largest absolute Gasteiger partial charge is 0.328 e. The van der Waals surface area contributed by atoms with Crippen molar-refractivity contribution in [1.82, 2.24) is 4.98 Å². The fraction of sp³-hybridized carbons (Fsp3) is 0.238. The van der Waals surface area contributed by atoms with Crippen molar-refractivity contribution >= 4 is 44.1 Å². The molecule has 0 spiro atoms. The fourth-order valence-electron chi connectivity index (χ4n) is 2.69. The third-order valence-electron chi connectivity index (χ3n) is 4.15. The van der Waals surface area contributed by atoms with Gasteiger partial charge in [-0.15, -0.1) is 11.3 Å². The number of aryl methyl sites for hydroxylation is 1. The minimum Gasteiger partial charge on any atom is -0.307 e. The van der Waals surface area contributed by atoms with Crippen LogP contribution >= 0.6 is 27.3 Å². The second-order valence-electron chi connectivity index (χ2n) is 6.16. The predicted molar refractivity (Wildman–Crippen MR) is 118 cm³/mol. The molecule has 0 atom stereocenters. The molecule has 0 saturated carbocycles. The van der Waals surface area contributed by atoms with Crippen molar-refractivity contribution in [3.63, 3.8) is 0 Å². The highest BCUT2D eigenvalue weighted by molar-refractivity contribution is 9.10. The Labute approximate surface area is 172 Å². The number of carbonyl (C=O) groups is 1. The molecule has 27 heavy (non-hydrogen) atoms. The molecule has 6 heteroatoms. The van der Waals surface area contributed by atoms with Crippen LogP contribution in [0.5, 0.6) is 0 Å². The summed E-state index contributed by atoms with van der Waals surface area (Å²) in [6, 6.07) is 15.8. The van der Waals surface area contributed by atoms with E-state index in [-0.39, 0.29) is 6.03 Å². The van der Waals surface area contributed by atoms with Gasteiger partial charge in [-0.3, -0.25) is 4.90 Å². The summed E-state index contributed by atoms with van der Waals surface area (Å²) >= 11 is 4.97. The topological polar surface area (TPSA) is 45.2 Å². The summed E-state index contributed by atoms with van der Waals surface area (Å²) in [6.45, 7) is 4.78. The maximum absolute atomic E-state index is 12.8. The van der Waals surface area contributed by atoms with E-state index in [1.807, 2.05) is 53.9 Å². The van der Waals surface area contributed by atoms with Crippen molar-refractivity contribution in [1.29, 1.82) is 0 Å². The van der Waals surface area contributed by atoms with Crippen LogP contribution in [-0.2, 0) is 6.42 Å². The first-order valence-corrected chi connectivity index (χ1v) is 10.7. The number of amides is 2. The molecule has 0 fully saturated rings. The molecule has 4 nitrogen and oxygen atoms in total. The Hall–Kier alpha value is -2.18. The number of nitrogens with one attached hydrogen (secondary N) is 1. The first kappa shape index (κ1) is 19.6. The van der Waals surface area contributed by atoms with Crippen molar-refractivity contribution < 1.29 is 4.79 Å². The molecule has 3 rings (SSSR count). The van der Waals surface area contributed by atoms with Gasteiger partial charge in [0.2, 0.25) is 0 Å². The number of thiazole rings is 1. The Bertz CT molecular complexity index is 908. The maximum Gasteiger partial charge on any atom is 0.328 e. The van der Waals surface area contributed by atoms with Crippen molar-refractivity contribution in [3.8, 4) is 11.3 Å². The molecule has 1 heterocycles. The number of aromatic nitrogens is 1. The zero-order valence-corrected chi connectivity index (χ0v) is 17.8. The molecule has 3 aromatic rings. The third kappa shape index (κ3) is 4.96. The lowest BCUT2D eigenvalue weighted by molar-refractivity contribution is 0.257. The van der Waals surface area contributed by atoms with Crippen LogP contribution in [0.25, 0.3) is 11.3 Å². The molecular formula is C21H22BrN3OS. The molecule has 0 saturated heterocycles. The van der Waals surface area contributed by atoms with Crippen LogP contribution in [0.1, 0.15) is 25.8 Å². The second kappa shape index (κ2) is 9.15. The molecule has 140 valence electrons. The van der Waals surface area contributed by atoms with E-state index in [2.05, 4.69) is 35.1 Å². The number of rotatable bonds is 6. The van der Waals surface area contributed by atoms with E-state index in [4.69, 9.17) is 4.98 Å². The normalized spacial score (nSPS) is 10.6. The smallest absolute Gasteiger partial charge is 0.307 e. The molecule has 2 amide bonds. The number of anilines is 2. The van der Waals surface area contributed by atoms with Crippen LogP contribution < -0.4 is 10.2 Å². The zero-order chi connectivity index (χ0) is 19.2. The van der Waals surface area contributed by atoms with E-state index >= 15 is 0 Å². The number of urea groups is 1. The van der Waals surface area contributed by atoms with Crippen LogP contribution in [0.3, 0.4) is 0 Å². The number of nitrogens with zero attached hydrogens (tertiary/aromatic N) is 2. The fourth-order valence-corrected chi connectivity index (χ4v) is 3.95. The van der Waals surface area contributed by atoms with Gasteiger partial charge in [0.15, 0.2) is 5.13 Å². The van der Waals surface area contributed by atoms with Crippen LogP contribution in [0.15, 0.2) is 58.4 Å². The summed E-state index contributed by atoms with van der Waals surface area (Å²) in [6.07, 6.45) is 1.83. The molecule has 0 aliphatic heterocycles. The Morgan fingerprint density at radius 1 is 1.19 bits per heavy atom. The number of hydrogen-bond donors (Lipinski definition) is 1. The van der Waals surface area contributed by atoms with E-state index in [0.29, 0.717) is 11.7 Å². The summed E-state index contributed by atoms with van der Waals surface area (Å²) in [5, 5.41) is 5.67. The lowest BCUT2D eigenvalue weighted by Crippen LogP contribution is -2.35. The van der Waals surface area contributed by atoms with Crippen LogP contribution in [0, 0.1) is 0 Å². The first-order chi connectivity index (χ1) is 13.1. The van der Waals surface area contributed by atoms with Gasteiger partial charge in [-0.05, 0) is 42.7 Å². The second-order valence-corrected chi connectivity index (χ2v) is 7.91. The third-order valence-corrected chi connectivity index (χ3v) is 5.51. The van der Waals surface area contributed by atoms with Gasteiger partial charge in [0.1, 0.15) is 0 Å². The SMILES string of the molecule is CCCN(C(=O)Nc1ccc(CC)cc1)c1nc(-c2cccc(Br)c2)cs1. The summed E-state index contributed by atoms with van der Waals surface area (Å²) in [7, 11) is 0. The Balaban J connectivity index is 1.79. The van der Waals surface area contributed by atoms with Gasteiger partial charge in [0.05, 0.1) is 5.69 Å². The number of carbonyl (C=O) groups excluding carboxylic acids is 1. The van der Waals surface area contributed by atoms with Gasteiger partial charge in [-0.2, -0.15) is 0 Å². The van der Waals surface area contributed by atoms with E-state index in [0.717, 1.165) is 34.3 Å². The number of halogens is 1. The van der Waals surface area contributed by atoms with Crippen LogP contribution in [-0.4, -0.2) is 17.6 Å². The lowest BCUT2D eigenvalue weighted by atomic mass is 10.1. The first-order valence-electron chi connectivity index (χ1n) is 8.99. The van der Waals surface area contributed by atoms with E-state index < -0.39 is 0 Å². The molecule has 1 aromatic heterocycles.